The van der Waals surface area contributed by atoms with Gasteiger partial charge in [0.2, 0.25) is 5.13 Å². The van der Waals surface area contributed by atoms with Crippen molar-refractivity contribution in [2.24, 2.45) is 0 Å². The van der Waals surface area contributed by atoms with Crippen LogP contribution in [-0.4, -0.2) is 22.0 Å². The summed E-state index contributed by atoms with van der Waals surface area (Å²) in [6, 6.07) is 16.5. The lowest BCUT2D eigenvalue weighted by molar-refractivity contribution is 0.0989. The zero-order valence-electron chi connectivity index (χ0n) is 15.3. The number of Topliss-reactive ketones (excluding diaryl/α,β-unsaturated/α-hetero) is 1. The Morgan fingerprint density at radius 2 is 1.67 bits per heavy atom. The molecule has 27 heavy (non-hydrogen) atoms. The van der Waals surface area contributed by atoms with Crippen LogP contribution in [0.15, 0.2) is 52.9 Å². The quantitative estimate of drug-likeness (QED) is 0.426. The van der Waals surface area contributed by atoms with E-state index in [9.17, 15) is 4.79 Å². The number of anilines is 1. The Bertz CT molecular complexity index is 931. The van der Waals surface area contributed by atoms with E-state index >= 15 is 0 Å². The predicted molar refractivity (Wildman–Crippen MR) is 112 cm³/mol. The number of hydrogen-bond acceptors (Lipinski definition) is 6. The second-order valence-corrected chi connectivity index (χ2v) is 9.26. The van der Waals surface area contributed by atoms with Crippen LogP contribution < -0.4 is 5.32 Å². The summed E-state index contributed by atoms with van der Waals surface area (Å²) < 4.78 is 0.809. The maximum absolute atomic E-state index is 13.3. The molecule has 0 bridgehead atoms. The number of carbonyl (C=O) groups excluding carboxylic acids is 1. The van der Waals surface area contributed by atoms with Crippen LogP contribution in [0.1, 0.15) is 45.1 Å². The average Bonchev–Trinajstić information content (AvgIpc) is 3.37. The molecule has 1 heterocycles. The van der Waals surface area contributed by atoms with Gasteiger partial charge in [-0.25, -0.2) is 0 Å². The smallest absolute Gasteiger partial charge is 0.206 e. The van der Waals surface area contributed by atoms with Gasteiger partial charge in [0.1, 0.15) is 0 Å². The molecule has 1 fully saturated rings. The summed E-state index contributed by atoms with van der Waals surface area (Å²) in [5, 5.41) is 12.4. The highest BCUT2D eigenvalue weighted by Crippen LogP contribution is 2.40. The van der Waals surface area contributed by atoms with Crippen molar-refractivity contribution in [1.82, 2.24) is 10.2 Å². The number of nitrogens with zero attached hydrogens (tertiary/aromatic N) is 2. The van der Waals surface area contributed by atoms with Crippen molar-refractivity contribution in [3.63, 3.8) is 0 Å². The van der Waals surface area contributed by atoms with Crippen LogP contribution in [-0.2, 0) is 0 Å². The molecule has 4 rings (SSSR count). The first-order valence-electron chi connectivity index (χ1n) is 9.02. The van der Waals surface area contributed by atoms with Gasteiger partial charge in [-0.05, 0) is 32.3 Å². The maximum Gasteiger partial charge on any atom is 0.206 e. The van der Waals surface area contributed by atoms with Gasteiger partial charge in [0.25, 0.3) is 0 Å². The van der Waals surface area contributed by atoms with Crippen LogP contribution in [0.25, 0.3) is 0 Å². The lowest BCUT2D eigenvalue weighted by Gasteiger charge is -2.15. The van der Waals surface area contributed by atoms with Gasteiger partial charge in [0.15, 0.2) is 10.1 Å². The molecule has 0 radical (unpaired) electrons. The average molecular weight is 396 g/mol. The first-order chi connectivity index (χ1) is 13.1. The summed E-state index contributed by atoms with van der Waals surface area (Å²) in [6.07, 6.45) is 2.39. The molecular weight excluding hydrogens is 374 g/mol. The Morgan fingerprint density at radius 1 is 1.04 bits per heavy atom. The minimum Gasteiger partial charge on any atom is -0.357 e. The molecule has 2 aromatic carbocycles. The Balaban J connectivity index is 1.60. The molecule has 138 valence electrons. The molecule has 1 N–H and O–H groups in total. The zero-order chi connectivity index (χ0) is 18.8. The van der Waals surface area contributed by atoms with Crippen molar-refractivity contribution in [2.45, 2.75) is 42.3 Å². The fourth-order valence-electron chi connectivity index (χ4n) is 2.70. The molecule has 3 aromatic rings. The van der Waals surface area contributed by atoms with Crippen molar-refractivity contribution >= 4 is 34.0 Å². The van der Waals surface area contributed by atoms with E-state index in [0.717, 1.165) is 26.2 Å². The predicted octanol–water partition coefficient (Wildman–Crippen LogP) is 5.45. The van der Waals surface area contributed by atoms with Gasteiger partial charge in [-0.15, -0.1) is 10.2 Å². The largest absolute Gasteiger partial charge is 0.357 e. The monoisotopic (exact) mass is 395 g/mol. The van der Waals surface area contributed by atoms with Gasteiger partial charge < -0.3 is 5.32 Å². The van der Waals surface area contributed by atoms with Gasteiger partial charge >= 0.3 is 0 Å². The zero-order valence-corrected chi connectivity index (χ0v) is 16.9. The van der Waals surface area contributed by atoms with Crippen molar-refractivity contribution in [1.29, 1.82) is 0 Å². The molecule has 1 atom stereocenters. The molecule has 0 aliphatic heterocycles. The van der Waals surface area contributed by atoms with E-state index in [4.69, 9.17) is 0 Å². The van der Waals surface area contributed by atoms with Gasteiger partial charge in [-0.3, -0.25) is 4.79 Å². The van der Waals surface area contributed by atoms with E-state index < -0.39 is 0 Å². The number of hydrogen-bond donors (Lipinski definition) is 1. The molecule has 1 aliphatic rings. The highest BCUT2D eigenvalue weighted by atomic mass is 32.2. The molecule has 1 saturated carbocycles. The highest BCUT2D eigenvalue weighted by Gasteiger charge is 2.26. The minimum absolute atomic E-state index is 0.0933. The van der Waals surface area contributed by atoms with Crippen molar-refractivity contribution in [3.8, 4) is 0 Å². The van der Waals surface area contributed by atoms with Gasteiger partial charge in [0.05, 0.1) is 5.25 Å². The second kappa shape index (κ2) is 7.82. The normalized spacial score (nSPS) is 14.7. The molecule has 1 aliphatic carbocycles. The van der Waals surface area contributed by atoms with E-state index in [0.29, 0.717) is 6.04 Å². The number of ketones is 1. The summed E-state index contributed by atoms with van der Waals surface area (Å²) in [6.45, 7) is 4.07. The van der Waals surface area contributed by atoms with Crippen LogP contribution in [0.5, 0.6) is 0 Å². The summed E-state index contributed by atoms with van der Waals surface area (Å²) in [5.74, 6) is 0.0933. The fourth-order valence-corrected chi connectivity index (χ4v) is 4.80. The molecule has 1 aromatic heterocycles. The van der Waals surface area contributed by atoms with Crippen LogP contribution in [0.2, 0.25) is 0 Å². The standard InChI is InChI=1S/C21H21N3OS2/c1-13-3-7-15(8-4-13)18(25)19(16-9-5-14(2)6-10-16)26-21-24-23-20(27-21)22-17-11-12-17/h3-10,17,19H,11-12H2,1-2H3,(H,22,23)/t19-/m0/s1. The number of thioether (sulfide) groups is 1. The Kier molecular flexibility index (Phi) is 5.27. The first kappa shape index (κ1) is 18.2. The summed E-state index contributed by atoms with van der Waals surface area (Å²) in [4.78, 5) is 13.3. The molecule has 0 unspecified atom stereocenters. The lowest BCUT2D eigenvalue weighted by atomic mass is 10.0. The number of rotatable bonds is 7. The second-order valence-electron chi connectivity index (χ2n) is 6.93. The van der Waals surface area contributed by atoms with Crippen molar-refractivity contribution < 1.29 is 4.79 Å². The summed E-state index contributed by atoms with van der Waals surface area (Å²) >= 11 is 3.00. The first-order valence-corrected chi connectivity index (χ1v) is 10.7. The van der Waals surface area contributed by atoms with E-state index in [1.54, 1.807) is 0 Å². The van der Waals surface area contributed by atoms with Crippen molar-refractivity contribution in [3.05, 3.63) is 70.8 Å². The van der Waals surface area contributed by atoms with Gasteiger partial charge in [0, 0.05) is 11.6 Å². The number of aromatic nitrogens is 2. The third-order valence-electron chi connectivity index (χ3n) is 4.48. The Hall–Kier alpha value is -2.18. The topological polar surface area (TPSA) is 54.9 Å². The summed E-state index contributed by atoms with van der Waals surface area (Å²) in [7, 11) is 0. The summed E-state index contributed by atoms with van der Waals surface area (Å²) in [5.41, 5.74) is 4.03. The van der Waals surface area contributed by atoms with E-state index in [1.165, 1.54) is 41.5 Å². The van der Waals surface area contributed by atoms with Gasteiger partial charge in [-0.2, -0.15) is 0 Å². The molecule has 0 saturated heterocycles. The van der Waals surface area contributed by atoms with Crippen molar-refractivity contribution in [2.75, 3.05) is 5.32 Å². The molecule has 4 nitrogen and oxygen atoms in total. The number of benzene rings is 2. The SMILES string of the molecule is Cc1ccc(C(=O)[C@@H](Sc2nnc(NC3CC3)s2)c2ccc(C)cc2)cc1. The number of carbonyl (C=O) groups is 1. The van der Waals surface area contributed by atoms with Crippen LogP contribution >= 0.6 is 23.1 Å². The van der Waals surface area contributed by atoms with E-state index in [-0.39, 0.29) is 11.0 Å². The van der Waals surface area contributed by atoms with E-state index in [2.05, 4.69) is 15.5 Å². The number of aryl methyl sites for hydroxylation is 2. The van der Waals surface area contributed by atoms with Crippen LogP contribution in [0.4, 0.5) is 5.13 Å². The van der Waals surface area contributed by atoms with Crippen LogP contribution in [0, 0.1) is 13.8 Å². The molecule has 0 amide bonds. The number of nitrogens with one attached hydrogen (secondary N) is 1. The Labute approximate surface area is 167 Å². The minimum atomic E-state index is -0.338. The fraction of sp³-hybridized carbons (Fsp3) is 0.286. The van der Waals surface area contributed by atoms with Gasteiger partial charge in [-0.1, -0.05) is 82.8 Å². The highest BCUT2D eigenvalue weighted by molar-refractivity contribution is 8.02. The Morgan fingerprint density at radius 3 is 2.30 bits per heavy atom. The molecule has 6 heteroatoms. The lowest BCUT2D eigenvalue weighted by Crippen LogP contribution is -2.10. The van der Waals surface area contributed by atoms with Crippen LogP contribution in [0.3, 0.4) is 0 Å². The van der Waals surface area contributed by atoms with E-state index in [1.807, 2.05) is 62.4 Å². The maximum atomic E-state index is 13.3. The third-order valence-corrected chi connectivity index (χ3v) is 6.68. The third kappa shape index (κ3) is 4.57. The molecular formula is C21H21N3OS2. The molecule has 0 spiro atoms.